The van der Waals surface area contributed by atoms with Crippen molar-refractivity contribution in [3.63, 3.8) is 0 Å². The molecule has 4 fully saturated rings. The van der Waals surface area contributed by atoms with E-state index in [-0.39, 0.29) is 11.5 Å². The summed E-state index contributed by atoms with van der Waals surface area (Å²) < 4.78 is 11.9. The van der Waals surface area contributed by atoms with E-state index in [1.165, 1.54) is 56.9 Å². The third-order valence-electron chi connectivity index (χ3n) is 13.5. The molecule has 4 N–H and O–H groups in total. The molecule has 0 bridgehead atoms. The van der Waals surface area contributed by atoms with Gasteiger partial charge in [0.25, 0.3) is 0 Å². The largest absolute Gasteiger partial charge is 0.394 e. The van der Waals surface area contributed by atoms with Gasteiger partial charge >= 0.3 is 0 Å². The van der Waals surface area contributed by atoms with Crippen LogP contribution in [0, 0.1) is 52.3 Å². The maximum atomic E-state index is 10.5. The maximum absolute atomic E-state index is 10.5. The lowest BCUT2D eigenvalue weighted by Gasteiger charge is -2.58. The fourth-order valence-electron chi connectivity index (χ4n) is 10.8. The molecule has 236 valence electrons. The Hall–Kier alpha value is -0.500. The standard InChI is InChI=1S/C35H60O6/c1-7-22(20(2)3)9-8-21(4)26-12-13-27-25-11-10-23-18-24(14-16-34(23,5)28(25)15-17-35(26,27)6)40-33-32(39)31(38)30(37)29(19-36)41-33/h10,20-22,24-33,36-39H,7-9,11-19H2,1-6H3/t21?,22?,24?,25?,26?,27?,28?,29-,30-,31+,32-,33-,34?,35?/m1/s1. The van der Waals surface area contributed by atoms with Crippen molar-refractivity contribution in [2.75, 3.05) is 6.61 Å². The van der Waals surface area contributed by atoms with E-state index in [1.807, 2.05) is 0 Å². The highest BCUT2D eigenvalue weighted by Gasteiger charge is 2.59. The van der Waals surface area contributed by atoms with Gasteiger partial charge in [0.1, 0.15) is 24.4 Å². The van der Waals surface area contributed by atoms with Crippen molar-refractivity contribution in [2.24, 2.45) is 52.3 Å². The Kier molecular flexibility index (Phi) is 9.71. The summed E-state index contributed by atoms with van der Waals surface area (Å²) in [6.45, 7) is 14.5. The maximum Gasteiger partial charge on any atom is 0.186 e. The lowest BCUT2D eigenvalue weighted by molar-refractivity contribution is -0.313. The van der Waals surface area contributed by atoms with E-state index in [4.69, 9.17) is 9.47 Å². The molecule has 0 amide bonds. The normalized spacial score (nSPS) is 47.7. The highest BCUT2D eigenvalue weighted by molar-refractivity contribution is 5.25. The molecule has 41 heavy (non-hydrogen) atoms. The molecule has 0 aromatic carbocycles. The van der Waals surface area contributed by atoms with Crippen LogP contribution < -0.4 is 0 Å². The van der Waals surface area contributed by atoms with Gasteiger partial charge in [0.2, 0.25) is 0 Å². The summed E-state index contributed by atoms with van der Waals surface area (Å²) >= 11 is 0. The Morgan fingerprint density at radius 1 is 0.951 bits per heavy atom. The third-order valence-corrected chi connectivity index (χ3v) is 13.5. The van der Waals surface area contributed by atoms with Crippen molar-refractivity contribution in [1.82, 2.24) is 0 Å². The summed E-state index contributed by atoms with van der Waals surface area (Å²) in [6.07, 6.45) is 9.92. The van der Waals surface area contributed by atoms with Crippen LogP contribution in [0.15, 0.2) is 11.6 Å². The number of rotatable bonds is 9. The molecule has 1 saturated heterocycles. The smallest absolute Gasteiger partial charge is 0.186 e. The van der Waals surface area contributed by atoms with Gasteiger partial charge in [0, 0.05) is 0 Å². The zero-order valence-corrected chi connectivity index (χ0v) is 26.7. The fraction of sp³-hybridized carbons (Fsp3) is 0.943. The second-order valence-corrected chi connectivity index (χ2v) is 15.7. The van der Waals surface area contributed by atoms with Crippen molar-refractivity contribution >= 4 is 0 Å². The molecule has 14 atom stereocenters. The topological polar surface area (TPSA) is 99.4 Å². The molecule has 6 heteroatoms. The SMILES string of the molecule is CCC(CCC(C)C1CCC2C3CC=C4CC(O[C@@H]5O[C@H](CO)[C@@H](O)[C@H](O)[C@H]5O)CCC4(C)C3CCC12C)C(C)C. The van der Waals surface area contributed by atoms with Crippen LogP contribution in [0.2, 0.25) is 0 Å². The van der Waals surface area contributed by atoms with Gasteiger partial charge in [-0.05, 0) is 110 Å². The molecule has 3 saturated carbocycles. The van der Waals surface area contributed by atoms with Crippen LogP contribution in [0.1, 0.15) is 112 Å². The molecule has 0 spiro atoms. The summed E-state index contributed by atoms with van der Waals surface area (Å²) in [4.78, 5) is 0. The number of hydrogen-bond acceptors (Lipinski definition) is 6. The molecule has 6 nitrogen and oxygen atoms in total. The average molecular weight is 577 g/mol. The minimum atomic E-state index is -1.40. The predicted molar refractivity (Wildman–Crippen MR) is 161 cm³/mol. The van der Waals surface area contributed by atoms with Gasteiger partial charge in [0.15, 0.2) is 6.29 Å². The van der Waals surface area contributed by atoms with E-state index in [9.17, 15) is 20.4 Å². The minimum absolute atomic E-state index is 0.101. The molecular formula is C35H60O6. The zero-order valence-electron chi connectivity index (χ0n) is 26.7. The van der Waals surface area contributed by atoms with Crippen molar-refractivity contribution in [1.29, 1.82) is 0 Å². The van der Waals surface area contributed by atoms with Crippen molar-refractivity contribution in [2.45, 2.75) is 149 Å². The van der Waals surface area contributed by atoms with E-state index in [0.717, 1.165) is 60.7 Å². The highest BCUT2D eigenvalue weighted by atomic mass is 16.7. The number of aliphatic hydroxyl groups excluding tert-OH is 4. The van der Waals surface area contributed by atoms with Gasteiger partial charge in [0.05, 0.1) is 12.7 Å². The molecule has 0 aromatic rings. The van der Waals surface area contributed by atoms with Crippen molar-refractivity contribution in [3.8, 4) is 0 Å². The zero-order chi connectivity index (χ0) is 29.7. The van der Waals surface area contributed by atoms with Gasteiger partial charge in [-0.2, -0.15) is 0 Å². The van der Waals surface area contributed by atoms with E-state index in [0.29, 0.717) is 5.41 Å². The Morgan fingerprint density at radius 2 is 1.71 bits per heavy atom. The van der Waals surface area contributed by atoms with Crippen LogP contribution in [0.25, 0.3) is 0 Å². The van der Waals surface area contributed by atoms with Gasteiger partial charge in [-0.3, -0.25) is 0 Å². The van der Waals surface area contributed by atoms with E-state index < -0.39 is 37.3 Å². The first-order valence-electron chi connectivity index (χ1n) is 17.1. The first kappa shape index (κ1) is 31.9. The summed E-state index contributed by atoms with van der Waals surface area (Å²) in [7, 11) is 0. The van der Waals surface area contributed by atoms with Crippen LogP contribution in [0.4, 0.5) is 0 Å². The van der Waals surface area contributed by atoms with Crippen LogP contribution in [-0.2, 0) is 9.47 Å². The van der Waals surface area contributed by atoms with Crippen LogP contribution in [0.5, 0.6) is 0 Å². The number of hydrogen-bond donors (Lipinski definition) is 4. The van der Waals surface area contributed by atoms with E-state index in [1.54, 1.807) is 0 Å². The molecule has 4 aliphatic carbocycles. The first-order valence-corrected chi connectivity index (χ1v) is 17.1. The van der Waals surface area contributed by atoms with Gasteiger partial charge in [-0.1, -0.05) is 66.0 Å². The second-order valence-electron chi connectivity index (χ2n) is 15.7. The molecule has 1 aliphatic heterocycles. The summed E-state index contributed by atoms with van der Waals surface area (Å²) in [6, 6.07) is 0. The molecule has 5 rings (SSSR count). The summed E-state index contributed by atoms with van der Waals surface area (Å²) in [5.41, 5.74) is 2.19. The lowest BCUT2D eigenvalue weighted by Crippen LogP contribution is -2.60. The third kappa shape index (κ3) is 5.73. The molecule has 9 unspecified atom stereocenters. The van der Waals surface area contributed by atoms with Crippen LogP contribution in [0.3, 0.4) is 0 Å². The lowest BCUT2D eigenvalue weighted by atomic mass is 9.47. The van der Waals surface area contributed by atoms with Gasteiger partial charge in [-0.15, -0.1) is 0 Å². The van der Waals surface area contributed by atoms with Crippen molar-refractivity contribution < 1.29 is 29.9 Å². The summed E-state index contributed by atoms with van der Waals surface area (Å²) in [5.74, 6) is 5.66. The number of allylic oxidation sites excluding steroid dienone is 1. The molecule has 5 aliphatic rings. The average Bonchev–Trinajstić information content (AvgIpc) is 3.30. The number of fused-ring (bicyclic) bond motifs is 5. The highest BCUT2D eigenvalue weighted by Crippen LogP contribution is 2.67. The van der Waals surface area contributed by atoms with Crippen LogP contribution in [-0.4, -0.2) is 63.8 Å². The minimum Gasteiger partial charge on any atom is -0.394 e. The molecule has 0 aromatic heterocycles. The monoisotopic (exact) mass is 576 g/mol. The van der Waals surface area contributed by atoms with E-state index in [2.05, 4.69) is 47.6 Å². The Balaban J connectivity index is 1.24. The molecule has 0 radical (unpaired) electrons. The number of aliphatic hydroxyl groups is 4. The van der Waals surface area contributed by atoms with Gasteiger partial charge < -0.3 is 29.9 Å². The summed E-state index contributed by atoms with van der Waals surface area (Å²) in [5, 5.41) is 40.4. The predicted octanol–water partition coefficient (Wildman–Crippen LogP) is 5.85. The van der Waals surface area contributed by atoms with Crippen molar-refractivity contribution in [3.05, 3.63) is 11.6 Å². The molecule has 1 heterocycles. The Bertz CT molecular complexity index is 918. The van der Waals surface area contributed by atoms with Gasteiger partial charge in [-0.25, -0.2) is 0 Å². The Labute approximate surface area is 249 Å². The molecular weight excluding hydrogens is 516 g/mol. The number of ether oxygens (including phenoxy) is 2. The fourth-order valence-corrected chi connectivity index (χ4v) is 10.8. The Morgan fingerprint density at radius 3 is 2.39 bits per heavy atom. The van der Waals surface area contributed by atoms with Crippen LogP contribution >= 0.6 is 0 Å². The quantitative estimate of drug-likeness (QED) is 0.257. The first-order chi connectivity index (χ1) is 19.4. The van der Waals surface area contributed by atoms with E-state index >= 15 is 0 Å². The second kappa shape index (κ2) is 12.5.